The van der Waals surface area contributed by atoms with E-state index >= 15 is 0 Å². The Kier molecular flexibility index (Phi) is 1.74. The highest BCUT2D eigenvalue weighted by Gasteiger charge is 2.60. The third kappa shape index (κ3) is 0.967. The zero-order valence-corrected chi connectivity index (χ0v) is 8.13. The Balaban J connectivity index is 1.94. The monoisotopic (exact) mass is 202 g/mol. The van der Waals surface area contributed by atoms with E-state index in [1.165, 1.54) is 6.42 Å². The summed E-state index contributed by atoms with van der Waals surface area (Å²) in [4.78, 5) is 0. The summed E-state index contributed by atoms with van der Waals surface area (Å²) in [6, 6.07) is 0. The van der Waals surface area contributed by atoms with Crippen LogP contribution in [0.3, 0.4) is 0 Å². The van der Waals surface area contributed by atoms with Gasteiger partial charge in [-0.15, -0.1) is 0 Å². The van der Waals surface area contributed by atoms with Crippen LogP contribution in [0.5, 0.6) is 0 Å². The van der Waals surface area contributed by atoms with Crippen LogP contribution >= 0.6 is 0 Å². The lowest BCUT2D eigenvalue weighted by atomic mass is 9.50. The first-order valence-corrected chi connectivity index (χ1v) is 5.61. The van der Waals surface area contributed by atoms with Gasteiger partial charge in [0.1, 0.15) is 5.60 Å². The fraction of sp³-hybridized carbons (Fsp3) is 1.00. The zero-order valence-electron chi connectivity index (χ0n) is 8.13. The molecule has 0 amide bonds. The van der Waals surface area contributed by atoms with Gasteiger partial charge in [-0.05, 0) is 55.8 Å². The van der Waals surface area contributed by atoms with Gasteiger partial charge in [-0.1, -0.05) is 0 Å². The molecule has 0 heterocycles. The number of hydrogen-bond acceptors (Lipinski definition) is 1. The SMILES string of the molecule is OC1(C(F)F)C2CC3CC(C2)CC1C3. The van der Waals surface area contributed by atoms with Crippen molar-refractivity contribution < 1.29 is 13.9 Å². The van der Waals surface area contributed by atoms with Gasteiger partial charge in [0.15, 0.2) is 0 Å². The highest BCUT2D eigenvalue weighted by atomic mass is 19.3. The van der Waals surface area contributed by atoms with Crippen LogP contribution in [0.1, 0.15) is 32.1 Å². The molecule has 0 radical (unpaired) electrons. The molecule has 0 aromatic rings. The van der Waals surface area contributed by atoms with E-state index in [1.807, 2.05) is 0 Å². The number of alkyl halides is 2. The molecule has 0 atom stereocenters. The van der Waals surface area contributed by atoms with Crippen molar-refractivity contribution in [2.75, 3.05) is 0 Å². The molecule has 0 unspecified atom stereocenters. The first kappa shape index (κ1) is 9.08. The van der Waals surface area contributed by atoms with Crippen molar-refractivity contribution in [2.24, 2.45) is 23.7 Å². The molecule has 3 heteroatoms. The molecule has 0 aromatic carbocycles. The topological polar surface area (TPSA) is 20.2 Å². The molecule has 14 heavy (non-hydrogen) atoms. The molecule has 4 bridgehead atoms. The molecule has 4 fully saturated rings. The van der Waals surface area contributed by atoms with Crippen molar-refractivity contribution in [3.63, 3.8) is 0 Å². The first-order valence-electron chi connectivity index (χ1n) is 5.61. The summed E-state index contributed by atoms with van der Waals surface area (Å²) < 4.78 is 25.8. The second-order valence-corrected chi connectivity index (χ2v) is 5.49. The lowest BCUT2D eigenvalue weighted by molar-refractivity contribution is -0.232. The van der Waals surface area contributed by atoms with Crippen LogP contribution in [0.25, 0.3) is 0 Å². The number of hydrogen-bond donors (Lipinski definition) is 1. The highest BCUT2D eigenvalue weighted by molar-refractivity contribution is 5.08. The third-order valence-electron chi connectivity index (χ3n) is 4.80. The van der Waals surface area contributed by atoms with E-state index in [9.17, 15) is 13.9 Å². The molecule has 4 aliphatic carbocycles. The van der Waals surface area contributed by atoms with Gasteiger partial charge in [0.25, 0.3) is 6.43 Å². The van der Waals surface area contributed by atoms with Crippen molar-refractivity contribution in [1.82, 2.24) is 0 Å². The molecule has 80 valence electrons. The Bertz CT molecular complexity index is 224. The van der Waals surface area contributed by atoms with Crippen LogP contribution in [-0.4, -0.2) is 17.1 Å². The summed E-state index contributed by atoms with van der Waals surface area (Å²) in [7, 11) is 0. The van der Waals surface area contributed by atoms with Gasteiger partial charge in [-0.3, -0.25) is 0 Å². The van der Waals surface area contributed by atoms with E-state index in [1.54, 1.807) is 0 Å². The van der Waals surface area contributed by atoms with E-state index in [0.717, 1.165) is 25.7 Å². The van der Waals surface area contributed by atoms with Crippen LogP contribution in [0.15, 0.2) is 0 Å². The van der Waals surface area contributed by atoms with E-state index < -0.39 is 12.0 Å². The third-order valence-corrected chi connectivity index (χ3v) is 4.80. The Morgan fingerprint density at radius 1 is 0.929 bits per heavy atom. The smallest absolute Gasteiger partial charge is 0.267 e. The normalized spacial score (nSPS) is 55.7. The van der Waals surface area contributed by atoms with E-state index in [4.69, 9.17) is 0 Å². The van der Waals surface area contributed by atoms with E-state index in [2.05, 4.69) is 0 Å². The van der Waals surface area contributed by atoms with Gasteiger partial charge < -0.3 is 5.11 Å². The summed E-state index contributed by atoms with van der Waals surface area (Å²) in [5, 5.41) is 10.1. The predicted molar refractivity (Wildman–Crippen MR) is 48.0 cm³/mol. The van der Waals surface area contributed by atoms with Crippen molar-refractivity contribution in [2.45, 2.75) is 44.1 Å². The minimum Gasteiger partial charge on any atom is -0.383 e. The van der Waals surface area contributed by atoms with Gasteiger partial charge in [0.2, 0.25) is 0 Å². The van der Waals surface area contributed by atoms with Crippen LogP contribution in [0, 0.1) is 23.7 Å². The van der Waals surface area contributed by atoms with Crippen molar-refractivity contribution in [3.8, 4) is 0 Å². The van der Waals surface area contributed by atoms with Gasteiger partial charge in [-0.25, -0.2) is 8.78 Å². The second-order valence-electron chi connectivity index (χ2n) is 5.49. The average molecular weight is 202 g/mol. The van der Waals surface area contributed by atoms with Gasteiger partial charge >= 0.3 is 0 Å². The molecule has 0 aromatic heterocycles. The second kappa shape index (κ2) is 2.69. The van der Waals surface area contributed by atoms with Crippen LogP contribution < -0.4 is 0 Å². The van der Waals surface area contributed by atoms with E-state index in [-0.39, 0.29) is 11.8 Å². The summed E-state index contributed by atoms with van der Waals surface area (Å²) in [5.74, 6) is 1.05. The lowest BCUT2D eigenvalue weighted by Crippen LogP contribution is -2.61. The zero-order chi connectivity index (χ0) is 9.92. The Morgan fingerprint density at radius 2 is 1.36 bits per heavy atom. The van der Waals surface area contributed by atoms with Crippen LogP contribution in [-0.2, 0) is 0 Å². The van der Waals surface area contributed by atoms with Crippen molar-refractivity contribution >= 4 is 0 Å². The fourth-order valence-electron chi connectivity index (χ4n) is 4.30. The molecule has 4 aliphatic rings. The molecular formula is C11H16F2O. The summed E-state index contributed by atoms with van der Waals surface area (Å²) >= 11 is 0. The van der Waals surface area contributed by atoms with E-state index in [0.29, 0.717) is 11.8 Å². The predicted octanol–water partition coefficient (Wildman–Crippen LogP) is 2.44. The molecule has 0 aliphatic heterocycles. The van der Waals surface area contributed by atoms with Crippen LogP contribution in [0.4, 0.5) is 8.78 Å². The summed E-state index contributed by atoms with van der Waals surface area (Å²) in [6.45, 7) is 0. The standard InChI is InChI=1S/C11H16F2O/c12-10(13)11(14)8-2-6-1-7(4-8)5-9(11)3-6/h6-10,14H,1-5H2. The largest absolute Gasteiger partial charge is 0.383 e. The maximum atomic E-state index is 12.9. The van der Waals surface area contributed by atoms with Crippen molar-refractivity contribution in [1.29, 1.82) is 0 Å². The van der Waals surface area contributed by atoms with Crippen LogP contribution in [0.2, 0.25) is 0 Å². The van der Waals surface area contributed by atoms with Gasteiger partial charge in [0, 0.05) is 0 Å². The Hall–Kier alpha value is -0.180. The fourth-order valence-corrected chi connectivity index (χ4v) is 4.30. The highest BCUT2D eigenvalue weighted by Crippen LogP contribution is 2.59. The first-order chi connectivity index (χ1) is 6.60. The number of aliphatic hydroxyl groups is 1. The maximum absolute atomic E-state index is 12.9. The summed E-state index contributed by atoms with van der Waals surface area (Å²) in [6.07, 6.45) is 2.05. The lowest BCUT2D eigenvalue weighted by Gasteiger charge is -2.58. The molecular weight excluding hydrogens is 186 g/mol. The molecule has 0 spiro atoms. The quantitative estimate of drug-likeness (QED) is 0.692. The summed E-state index contributed by atoms with van der Waals surface area (Å²) in [5.41, 5.74) is -1.63. The molecule has 1 N–H and O–H groups in total. The Labute approximate surface area is 82.5 Å². The molecule has 4 rings (SSSR count). The van der Waals surface area contributed by atoms with Gasteiger partial charge in [-0.2, -0.15) is 0 Å². The molecule has 0 saturated heterocycles. The van der Waals surface area contributed by atoms with Gasteiger partial charge in [0.05, 0.1) is 0 Å². The maximum Gasteiger partial charge on any atom is 0.267 e. The molecule has 1 nitrogen and oxygen atoms in total. The minimum atomic E-state index is -2.54. The average Bonchev–Trinajstić information content (AvgIpc) is 2.12. The molecule has 4 saturated carbocycles. The number of halogens is 2. The number of rotatable bonds is 1. The minimum absolute atomic E-state index is 0.112. The van der Waals surface area contributed by atoms with Crippen molar-refractivity contribution in [3.05, 3.63) is 0 Å². The Morgan fingerprint density at radius 3 is 1.71 bits per heavy atom.